The van der Waals surface area contributed by atoms with E-state index >= 15 is 0 Å². The number of nitrogens with zero attached hydrogens (tertiary/aromatic N) is 2. The van der Waals surface area contributed by atoms with E-state index in [4.69, 9.17) is 22.2 Å². The second kappa shape index (κ2) is 6.31. The molecule has 2 nitrogen and oxygen atoms in total. The van der Waals surface area contributed by atoms with Crippen molar-refractivity contribution in [2.45, 2.75) is 63.8 Å². The Morgan fingerprint density at radius 3 is 1.26 bits per heavy atom. The Morgan fingerprint density at radius 2 is 1.04 bits per heavy atom. The van der Waals surface area contributed by atoms with Crippen LogP contribution < -0.4 is 0 Å². The molecule has 0 amide bonds. The summed E-state index contributed by atoms with van der Waals surface area (Å²) in [5.74, 6) is 0. The first-order chi connectivity index (χ1) is 10.3. The van der Waals surface area contributed by atoms with Crippen molar-refractivity contribution in [3.63, 3.8) is 0 Å². The highest BCUT2D eigenvalue weighted by atomic mass is 35.7. The van der Waals surface area contributed by atoms with Crippen LogP contribution in [0.3, 0.4) is 0 Å². The van der Waals surface area contributed by atoms with E-state index in [9.17, 15) is 0 Å². The average Bonchev–Trinajstić information content (AvgIpc) is 2.91. The zero-order valence-electron chi connectivity index (χ0n) is 15.8. The number of rotatable bonds is 4. The van der Waals surface area contributed by atoms with Crippen molar-refractivity contribution in [3.8, 4) is 0 Å². The summed E-state index contributed by atoms with van der Waals surface area (Å²) < 4.78 is 5.09. The fourth-order valence-electron chi connectivity index (χ4n) is 4.10. The summed E-state index contributed by atoms with van der Waals surface area (Å²) >= 11 is 14.3. The van der Waals surface area contributed by atoms with Crippen LogP contribution in [0.15, 0.2) is 24.6 Å². The maximum Gasteiger partial charge on any atom is 0.254 e. The Morgan fingerprint density at radius 1 is 0.739 bits per heavy atom. The van der Waals surface area contributed by atoms with Gasteiger partial charge < -0.3 is 8.95 Å². The van der Waals surface area contributed by atoms with Crippen molar-refractivity contribution >= 4 is 59.0 Å². The molecule has 2 aliphatic heterocycles. The van der Waals surface area contributed by atoms with Crippen LogP contribution in [0.2, 0.25) is 63.8 Å². The lowest BCUT2D eigenvalue weighted by Crippen LogP contribution is -2.55. The Labute approximate surface area is 156 Å². The van der Waals surface area contributed by atoms with E-state index in [1.165, 1.54) is 0 Å². The van der Waals surface area contributed by atoms with Gasteiger partial charge in [-0.1, -0.05) is 65.1 Å². The second-order valence-corrected chi connectivity index (χ2v) is 25.8. The molecule has 23 heavy (non-hydrogen) atoms. The van der Waals surface area contributed by atoms with Crippen molar-refractivity contribution in [1.82, 2.24) is 8.95 Å². The van der Waals surface area contributed by atoms with Gasteiger partial charge in [-0.15, -0.1) is 22.2 Å². The summed E-state index contributed by atoms with van der Waals surface area (Å²) in [5.41, 5.74) is 0.604. The van der Waals surface area contributed by atoms with E-state index in [-0.39, 0.29) is 0 Å². The van der Waals surface area contributed by atoms with Gasteiger partial charge in [-0.3, -0.25) is 0 Å². The van der Waals surface area contributed by atoms with Crippen molar-refractivity contribution in [3.05, 3.63) is 24.6 Å². The van der Waals surface area contributed by atoms with Crippen LogP contribution in [0.25, 0.3) is 0 Å². The molecule has 0 saturated carbocycles. The zero-order valence-corrected chi connectivity index (χ0v) is 20.3. The van der Waals surface area contributed by atoms with Crippen LogP contribution in [0, 0.1) is 0 Å². The van der Waals surface area contributed by atoms with Crippen LogP contribution in [0.5, 0.6) is 0 Å². The van der Waals surface area contributed by atoms with Gasteiger partial charge in [0.2, 0.25) is 13.7 Å². The quantitative estimate of drug-likeness (QED) is 0.465. The fraction of sp³-hybridized carbons (Fsp3) is 0.714. The van der Waals surface area contributed by atoms with Gasteiger partial charge in [0.05, 0.1) is 0 Å². The van der Waals surface area contributed by atoms with E-state index in [0.717, 1.165) is 0 Å². The van der Waals surface area contributed by atoms with E-state index in [0.29, 0.717) is 24.6 Å². The predicted octanol–water partition coefficient (Wildman–Crippen LogP) is 5.30. The van der Waals surface area contributed by atoms with Gasteiger partial charge in [-0.25, -0.2) is 0 Å². The van der Waals surface area contributed by atoms with E-state index in [1.54, 1.807) is 0 Å². The molecule has 0 aliphatic carbocycles. The normalized spacial score (nSPS) is 26.0. The van der Waals surface area contributed by atoms with E-state index in [2.05, 4.69) is 86.4 Å². The van der Waals surface area contributed by atoms with Gasteiger partial charge in [0, 0.05) is 0 Å². The van der Waals surface area contributed by atoms with Gasteiger partial charge in [-0.2, -0.15) is 0 Å². The highest BCUT2D eigenvalue weighted by Gasteiger charge is 2.56. The monoisotopic (exact) mass is 402 g/mol. The molecular weight excluding hydrogens is 373 g/mol. The first kappa shape index (κ1) is 19.8. The molecule has 0 N–H and O–H groups in total. The van der Waals surface area contributed by atoms with Crippen molar-refractivity contribution in [2.75, 3.05) is 0 Å². The molecule has 0 aromatic rings. The standard InChI is InChI=1S/C14H30B2Cl2N2Si3/c1-15-13(9-11-19(15)21(3,4)5)23(17,18)14-10-12-20(16(14)2)22(6,7)8/h9-14H,1-8H3. The summed E-state index contributed by atoms with van der Waals surface area (Å²) in [6.07, 6.45) is 9.14. The summed E-state index contributed by atoms with van der Waals surface area (Å²) in [7, 11) is -2.76. The van der Waals surface area contributed by atoms with Crippen LogP contribution in [-0.2, 0) is 0 Å². The molecule has 0 bridgehead atoms. The molecular formula is C14H30B2Cl2N2Si3. The predicted molar refractivity (Wildman–Crippen MR) is 117 cm³/mol. The minimum atomic E-state index is -2.47. The highest BCUT2D eigenvalue weighted by molar-refractivity contribution is 7.50. The highest BCUT2D eigenvalue weighted by Crippen LogP contribution is 2.50. The minimum Gasteiger partial charge on any atom is -0.449 e. The van der Waals surface area contributed by atoms with Gasteiger partial charge in [-0.05, 0) is 23.3 Å². The lowest BCUT2D eigenvalue weighted by Gasteiger charge is -2.41. The average molecular weight is 403 g/mol. The van der Waals surface area contributed by atoms with Crippen molar-refractivity contribution in [2.24, 2.45) is 0 Å². The van der Waals surface area contributed by atoms with E-state index in [1.807, 2.05) is 0 Å². The largest absolute Gasteiger partial charge is 0.449 e. The Balaban J connectivity index is 2.21. The second-order valence-electron chi connectivity index (χ2n) is 9.05. The maximum atomic E-state index is 7.15. The lowest BCUT2D eigenvalue weighted by atomic mass is 9.62. The molecule has 0 aromatic heterocycles. The van der Waals surface area contributed by atoms with Crippen LogP contribution in [0.4, 0.5) is 0 Å². The van der Waals surface area contributed by atoms with Gasteiger partial charge in [0.15, 0.2) is 0 Å². The summed E-state index contributed by atoms with van der Waals surface area (Å²) in [5, 5.41) is 0. The lowest BCUT2D eigenvalue weighted by molar-refractivity contribution is 0.873. The third kappa shape index (κ3) is 3.69. The first-order valence-corrected chi connectivity index (χ1v) is 19.7. The van der Waals surface area contributed by atoms with Crippen LogP contribution in [-0.4, -0.2) is 45.8 Å². The molecule has 128 valence electrons. The molecule has 2 unspecified atom stereocenters. The fourth-order valence-corrected chi connectivity index (χ4v) is 14.0. The molecule has 0 spiro atoms. The SMILES string of the molecule is CB1C([Si](Cl)(Cl)C2C=CN([Si](C)(C)C)B2C)C=CN1[Si](C)(C)C. The van der Waals surface area contributed by atoms with Gasteiger partial charge >= 0.3 is 0 Å². The summed E-state index contributed by atoms with van der Waals surface area (Å²) in [4.78, 5) is 0. The molecule has 0 fully saturated rings. The molecule has 9 heteroatoms. The van der Waals surface area contributed by atoms with Crippen molar-refractivity contribution in [1.29, 1.82) is 0 Å². The molecule has 0 aromatic carbocycles. The Bertz CT molecular complexity index is 473. The van der Waals surface area contributed by atoms with Crippen LogP contribution >= 0.6 is 22.2 Å². The molecule has 2 atom stereocenters. The minimum absolute atomic E-state index is 0.302. The topological polar surface area (TPSA) is 6.48 Å². The number of hydrogen-bond donors (Lipinski definition) is 0. The molecule has 2 rings (SSSR count). The van der Waals surface area contributed by atoms with E-state index < -0.39 is 23.2 Å². The van der Waals surface area contributed by atoms with Gasteiger partial charge in [0.25, 0.3) is 6.69 Å². The smallest absolute Gasteiger partial charge is 0.254 e. The Kier molecular flexibility index (Phi) is 5.42. The molecule has 2 heterocycles. The maximum absolute atomic E-state index is 7.15. The Hall–Kier alpha value is 0.441. The number of allylic oxidation sites excluding steroid dienone is 2. The molecule has 0 saturated heterocycles. The summed E-state index contributed by atoms with van der Waals surface area (Å²) in [6.45, 7) is 17.3. The molecule has 0 radical (unpaired) electrons. The van der Waals surface area contributed by atoms with Crippen molar-refractivity contribution < 1.29 is 0 Å². The number of hydrogen-bond acceptors (Lipinski definition) is 2. The third-order valence-corrected chi connectivity index (χ3v) is 15.6. The molecule has 2 aliphatic rings. The first-order valence-electron chi connectivity index (χ1n) is 8.59. The zero-order chi connectivity index (χ0) is 17.8. The van der Waals surface area contributed by atoms with Gasteiger partial charge in [0.1, 0.15) is 16.5 Å². The third-order valence-electron chi connectivity index (χ3n) is 5.26. The van der Waals surface area contributed by atoms with Crippen LogP contribution in [0.1, 0.15) is 0 Å². The number of halogens is 2. The summed E-state index contributed by atoms with van der Waals surface area (Å²) in [6, 6.07) is 0.